The number of nitrogens with one attached hydrogen (secondary N) is 1. The summed E-state index contributed by atoms with van der Waals surface area (Å²) in [5.41, 5.74) is 2.04. The van der Waals surface area contributed by atoms with Crippen molar-refractivity contribution in [1.82, 2.24) is 4.98 Å². The van der Waals surface area contributed by atoms with Crippen molar-refractivity contribution in [3.8, 4) is 0 Å². The first-order valence-corrected chi connectivity index (χ1v) is 5.44. The molecule has 92 valence electrons. The number of benzene rings is 1. The second-order valence-corrected chi connectivity index (χ2v) is 4.28. The van der Waals surface area contributed by atoms with Gasteiger partial charge in [-0.05, 0) is 26.0 Å². The topological polar surface area (TPSA) is 76.0 Å². The van der Waals surface area contributed by atoms with E-state index in [1.54, 1.807) is 12.3 Å². The number of aromatic nitrogens is 1. The van der Waals surface area contributed by atoms with Crippen molar-refractivity contribution in [3.05, 3.63) is 51.7 Å². The minimum atomic E-state index is -0.471. The maximum Gasteiger partial charge on any atom is 0.270 e. The van der Waals surface area contributed by atoms with Crippen LogP contribution in [0.2, 0.25) is 0 Å². The van der Waals surface area contributed by atoms with E-state index in [1.165, 1.54) is 18.2 Å². The SMILES string of the molecule is CC(C)=CC(=O)c1c[nH]c2ccc([N+](=O)[O-])cc12. The summed E-state index contributed by atoms with van der Waals surface area (Å²) < 4.78 is 0. The summed E-state index contributed by atoms with van der Waals surface area (Å²) in [4.78, 5) is 25.1. The molecule has 0 radical (unpaired) electrons. The quantitative estimate of drug-likeness (QED) is 0.390. The summed E-state index contributed by atoms with van der Waals surface area (Å²) in [6.07, 6.45) is 3.09. The van der Waals surface area contributed by atoms with Gasteiger partial charge in [0, 0.05) is 34.8 Å². The van der Waals surface area contributed by atoms with Gasteiger partial charge in [-0.1, -0.05) is 5.57 Å². The van der Waals surface area contributed by atoms with Crippen LogP contribution in [0.25, 0.3) is 10.9 Å². The Balaban J connectivity index is 2.58. The van der Waals surface area contributed by atoms with Crippen molar-refractivity contribution in [3.63, 3.8) is 0 Å². The zero-order valence-corrected chi connectivity index (χ0v) is 10.1. The first kappa shape index (κ1) is 12.0. The minimum absolute atomic E-state index is 0.0200. The molecule has 2 aromatic rings. The van der Waals surface area contributed by atoms with Gasteiger partial charge < -0.3 is 4.98 Å². The lowest BCUT2D eigenvalue weighted by Crippen LogP contribution is -1.94. The molecule has 0 spiro atoms. The lowest BCUT2D eigenvalue weighted by Gasteiger charge is -1.95. The average Bonchev–Trinajstić information content (AvgIpc) is 2.70. The summed E-state index contributed by atoms with van der Waals surface area (Å²) in [6.45, 7) is 3.66. The predicted octanol–water partition coefficient (Wildman–Crippen LogP) is 3.23. The Bertz CT molecular complexity index is 664. The van der Waals surface area contributed by atoms with E-state index in [9.17, 15) is 14.9 Å². The first-order valence-electron chi connectivity index (χ1n) is 5.44. The van der Waals surface area contributed by atoms with Gasteiger partial charge in [-0.25, -0.2) is 0 Å². The predicted molar refractivity (Wildman–Crippen MR) is 68.7 cm³/mol. The highest BCUT2D eigenvalue weighted by molar-refractivity contribution is 6.13. The highest BCUT2D eigenvalue weighted by Crippen LogP contribution is 2.24. The Hall–Kier alpha value is -2.43. The van der Waals surface area contributed by atoms with E-state index in [4.69, 9.17) is 0 Å². The second kappa shape index (κ2) is 4.44. The summed E-state index contributed by atoms with van der Waals surface area (Å²) in [7, 11) is 0. The van der Waals surface area contributed by atoms with Crippen LogP contribution in [0.5, 0.6) is 0 Å². The van der Waals surface area contributed by atoms with Crippen LogP contribution in [0.3, 0.4) is 0 Å². The minimum Gasteiger partial charge on any atom is -0.360 e. The molecule has 2 rings (SSSR count). The number of hydrogen-bond donors (Lipinski definition) is 1. The van der Waals surface area contributed by atoms with Crippen LogP contribution >= 0.6 is 0 Å². The molecule has 0 fully saturated rings. The number of carbonyl (C=O) groups is 1. The summed E-state index contributed by atoms with van der Waals surface area (Å²) in [6, 6.07) is 4.43. The molecular formula is C13H12N2O3. The number of nitrogens with zero attached hydrogens (tertiary/aromatic N) is 1. The van der Waals surface area contributed by atoms with Crippen molar-refractivity contribution >= 4 is 22.4 Å². The molecule has 18 heavy (non-hydrogen) atoms. The van der Waals surface area contributed by atoms with Crippen molar-refractivity contribution < 1.29 is 9.72 Å². The summed E-state index contributed by atoms with van der Waals surface area (Å²) >= 11 is 0. The van der Waals surface area contributed by atoms with E-state index in [-0.39, 0.29) is 11.5 Å². The fourth-order valence-corrected chi connectivity index (χ4v) is 1.77. The van der Waals surface area contributed by atoms with Crippen molar-refractivity contribution in [2.75, 3.05) is 0 Å². The largest absolute Gasteiger partial charge is 0.360 e. The number of nitro groups is 1. The van der Waals surface area contributed by atoms with Crippen LogP contribution in [-0.2, 0) is 0 Å². The van der Waals surface area contributed by atoms with E-state index in [1.807, 2.05) is 13.8 Å². The number of allylic oxidation sites excluding steroid dienone is 2. The number of carbonyl (C=O) groups excluding carboxylic acids is 1. The zero-order valence-electron chi connectivity index (χ0n) is 10.1. The van der Waals surface area contributed by atoms with Crippen LogP contribution in [0.4, 0.5) is 5.69 Å². The van der Waals surface area contributed by atoms with E-state index in [0.717, 1.165) is 5.57 Å². The standard InChI is InChI=1S/C13H12N2O3/c1-8(2)5-13(16)11-7-14-12-4-3-9(15(17)18)6-10(11)12/h3-7,14H,1-2H3. The lowest BCUT2D eigenvalue weighted by atomic mass is 10.1. The maximum absolute atomic E-state index is 11.9. The molecule has 0 bridgehead atoms. The zero-order chi connectivity index (χ0) is 13.3. The number of hydrogen-bond acceptors (Lipinski definition) is 3. The van der Waals surface area contributed by atoms with Gasteiger partial charge in [-0.2, -0.15) is 0 Å². The molecule has 1 N–H and O–H groups in total. The number of fused-ring (bicyclic) bond motifs is 1. The molecular weight excluding hydrogens is 232 g/mol. The van der Waals surface area contributed by atoms with E-state index < -0.39 is 4.92 Å². The van der Waals surface area contributed by atoms with Crippen LogP contribution in [-0.4, -0.2) is 15.7 Å². The maximum atomic E-state index is 11.9. The Labute approximate surface area is 103 Å². The molecule has 0 aliphatic heterocycles. The van der Waals surface area contributed by atoms with Gasteiger partial charge in [0.1, 0.15) is 0 Å². The normalized spacial score (nSPS) is 10.3. The van der Waals surface area contributed by atoms with Gasteiger partial charge in [0.2, 0.25) is 0 Å². The molecule has 5 heteroatoms. The molecule has 5 nitrogen and oxygen atoms in total. The Morgan fingerprint density at radius 1 is 1.39 bits per heavy atom. The molecule has 0 amide bonds. The lowest BCUT2D eigenvalue weighted by molar-refractivity contribution is -0.384. The Morgan fingerprint density at radius 2 is 2.11 bits per heavy atom. The molecule has 1 aromatic heterocycles. The number of rotatable bonds is 3. The number of nitro benzene ring substituents is 1. The molecule has 0 aliphatic rings. The van der Waals surface area contributed by atoms with Crippen LogP contribution in [0.15, 0.2) is 36.0 Å². The number of H-pyrrole nitrogens is 1. The Kier molecular flexibility index (Phi) is 2.97. The van der Waals surface area contributed by atoms with Gasteiger partial charge in [0.25, 0.3) is 5.69 Å². The van der Waals surface area contributed by atoms with Crippen molar-refractivity contribution in [2.45, 2.75) is 13.8 Å². The highest BCUT2D eigenvalue weighted by atomic mass is 16.6. The number of non-ortho nitro benzene ring substituents is 1. The molecule has 0 saturated carbocycles. The molecule has 0 unspecified atom stereocenters. The van der Waals surface area contributed by atoms with Gasteiger partial charge in [-0.3, -0.25) is 14.9 Å². The fourth-order valence-electron chi connectivity index (χ4n) is 1.77. The monoisotopic (exact) mass is 244 g/mol. The van der Waals surface area contributed by atoms with Gasteiger partial charge >= 0.3 is 0 Å². The highest BCUT2D eigenvalue weighted by Gasteiger charge is 2.13. The Morgan fingerprint density at radius 3 is 2.72 bits per heavy atom. The third kappa shape index (κ3) is 2.15. The summed E-state index contributed by atoms with van der Waals surface area (Å²) in [5, 5.41) is 11.3. The molecule has 1 heterocycles. The molecule has 0 saturated heterocycles. The van der Waals surface area contributed by atoms with Crippen molar-refractivity contribution in [1.29, 1.82) is 0 Å². The number of ketones is 1. The molecule has 0 atom stereocenters. The summed E-state index contributed by atoms with van der Waals surface area (Å²) in [5.74, 6) is -0.151. The third-order valence-corrected chi connectivity index (χ3v) is 2.56. The molecule has 1 aromatic carbocycles. The van der Waals surface area contributed by atoms with Crippen LogP contribution < -0.4 is 0 Å². The third-order valence-electron chi connectivity index (χ3n) is 2.56. The van der Waals surface area contributed by atoms with Crippen LogP contribution in [0, 0.1) is 10.1 Å². The average molecular weight is 244 g/mol. The van der Waals surface area contributed by atoms with Crippen molar-refractivity contribution in [2.24, 2.45) is 0 Å². The molecule has 0 aliphatic carbocycles. The smallest absolute Gasteiger partial charge is 0.270 e. The van der Waals surface area contributed by atoms with Crippen LogP contribution in [0.1, 0.15) is 24.2 Å². The van der Waals surface area contributed by atoms with E-state index >= 15 is 0 Å². The first-order chi connectivity index (χ1) is 8.49. The number of aromatic amines is 1. The fraction of sp³-hybridized carbons (Fsp3) is 0.154. The van der Waals surface area contributed by atoms with E-state index in [0.29, 0.717) is 16.5 Å². The van der Waals surface area contributed by atoms with Gasteiger partial charge in [0.05, 0.1) is 4.92 Å². The van der Waals surface area contributed by atoms with E-state index in [2.05, 4.69) is 4.98 Å². The van der Waals surface area contributed by atoms with Gasteiger partial charge in [0.15, 0.2) is 5.78 Å². The van der Waals surface area contributed by atoms with Gasteiger partial charge in [-0.15, -0.1) is 0 Å². The second-order valence-electron chi connectivity index (χ2n) is 4.28.